The fraction of sp³-hybridized carbons (Fsp3) is 0.0400. The zero-order valence-corrected chi connectivity index (χ0v) is 22.1. The van der Waals surface area contributed by atoms with Crippen LogP contribution in [0.3, 0.4) is 0 Å². The van der Waals surface area contributed by atoms with Gasteiger partial charge in [-0.2, -0.15) is 9.61 Å². The van der Waals surface area contributed by atoms with Crippen LogP contribution in [0.5, 0.6) is 0 Å². The summed E-state index contributed by atoms with van der Waals surface area (Å²) in [4.78, 5) is 5.40. The van der Waals surface area contributed by atoms with Crippen molar-refractivity contribution in [3.05, 3.63) is 92.9 Å². The summed E-state index contributed by atoms with van der Waals surface area (Å²) in [5.41, 5.74) is 3.47. The Balaban J connectivity index is 1.47. The summed E-state index contributed by atoms with van der Waals surface area (Å²) < 4.78 is 16.9. The molecule has 6 nitrogen and oxygen atoms in total. The molecule has 3 aromatic carbocycles. The van der Waals surface area contributed by atoms with Crippen LogP contribution in [0.4, 0.5) is 10.1 Å². The maximum atomic E-state index is 14.3. The monoisotopic (exact) mass is 598 g/mol. The van der Waals surface area contributed by atoms with Crippen molar-refractivity contribution in [2.75, 3.05) is 5.32 Å². The fourth-order valence-corrected chi connectivity index (χ4v) is 5.58. The van der Waals surface area contributed by atoms with Gasteiger partial charge in [-0.05, 0) is 48.5 Å². The minimum Gasteiger partial charge on any atom is -0.378 e. The lowest BCUT2D eigenvalue weighted by Gasteiger charge is -2.10. The van der Waals surface area contributed by atoms with E-state index in [0.717, 1.165) is 26.1 Å². The zero-order chi connectivity index (χ0) is 24.8. The minimum absolute atomic E-state index is 0.0426. The van der Waals surface area contributed by atoms with E-state index in [1.54, 1.807) is 4.52 Å². The number of nitrogens with one attached hydrogen (secondary N) is 1. The van der Waals surface area contributed by atoms with Gasteiger partial charge >= 0.3 is 0 Å². The van der Waals surface area contributed by atoms with E-state index < -0.39 is 5.82 Å². The van der Waals surface area contributed by atoms with Crippen LogP contribution in [0.1, 0.15) is 5.82 Å². The molecule has 0 bridgehead atoms. The van der Waals surface area contributed by atoms with Crippen LogP contribution in [0.15, 0.2) is 71.2 Å². The molecule has 0 amide bonds. The molecule has 3 heterocycles. The predicted molar refractivity (Wildman–Crippen MR) is 146 cm³/mol. The Labute approximate surface area is 226 Å². The summed E-state index contributed by atoms with van der Waals surface area (Å²) in [6, 6.07) is 20.2. The van der Waals surface area contributed by atoms with E-state index in [9.17, 15) is 4.39 Å². The van der Waals surface area contributed by atoms with Gasteiger partial charge in [-0.3, -0.25) is 0 Å². The molecule has 0 radical (unpaired) electrons. The maximum absolute atomic E-state index is 14.3. The smallest absolute Gasteiger partial charge is 0.235 e. The van der Waals surface area contributed by atoms with E-state index in [0.29, 0.717) is 39.1 Å². The number of hydrogen-bond donors (Lipinski definition) is 1. The van der Waals surface area contributed by atoms with Gasteiger partial charge in [0.1, 0.15) is 10.8 Å². The summed E-state index contributed by atoms with van der Waals surface area (Å²) >= 11 is 17.3. The molecule has 0 saturated carbocycles. The maximum Gasteiger partial charge on any atom is 0.235 e. The highest BCUT2D eigenvalue weighted by atomic mass is 79.9. The number of para-hydroxylation sites is 1. The van der Waals surface area contributed by atoms with Gasteiger partial charge in [0.2, 0.25) is 4.96 Å². The van der Waals surface area contributed by atoms with Crippen molar-refractivity contribution in [1.29, 1.82) is 0 Å². The molecule has 6 rings (SSSR count). The largest absolute Gasteiger partial charge is 0.378 e. The molecule has 0 atom stereocenters. The Hall–Kier alpha value is -3.11. The van der Waals surface area contributed by atoms with Crippen molar-refractivity contribution >= 4 is 72.0 Å². The normalized spacial score (nSPS) is 11.4. The molecule has 1 N–H and O–H groups in total. The lowest BCUT2D eigenvalue weighted by Crippen LogP contribution is -2.04. The quantitative estimate of drug-likeness (QED) is 0.204. The van der Waals surface area contributed by atoms with E-state index in [4.69, 9.17) is 33.3 Å². The van der Waals surface area contributed by atoms with E-state index >= 15 is 0 Å². The number of halogens is 4. The third kappa shape index (κ3) is 4.32. The van der Waals surface area contributed by atoms with E-state index in [1.165, 1.54) is 23.5 Å². The highest BCUT2D eigenvalue weighted by molar-refractivity contribution is 9.10. The van der Waals surface area contributed by atoms with Crippen molar-refractivity contribution in [1.82, 2.24) is 24.8 Å². The molecule has 0 aliphatic rings. The van der Waals surface area contributed by atoms with Crippen LogP contribution in [0, 0.1) is 5.82 Å². The molecule has 36 heavy (non-hydrogen) atoms. The van der Waals surface area contributed by atoms with Crippen molar-refractivity contribution < 1.29 is 4.39 Å². The van der Waals surface area contributed by atoms with Crippen molar-refractivity contribution in [2.24, 2.45) is 0 Å². The van der Waals surface area contributed by atoms with Crippen molar-refractivity contribution in [3.63, 3.8) is 0 Å². The van der Waals surface area contributed by atoms with Gasteiger partial charge in [0.05, 0.1) is 27.8 Å². The van der Waals surface area contributed by atoms with Crippen LogP contribution in [0.2, 0.25) is 10.0 Å². The average molecular weight is 600 g/mol. The highest BCUT2D eigenvalue weighted by Gasteiger charge is 2.19. The number of fused-ring (bicyclic) bond motifs is 2. The summed E-state index contributed by atoms with van der Waals surface area (Å²) in [6.45, 7) is 0.460. The first-order valence-electron chi connectivity index (χ1n) is 10.7. The van der Waals surface area contributed by atoms with Gasteiger partial charge in [-0.15, -0.1) is 10.2 Å². The number of anilines is 1. The standard InChI is InChI=1S/C25H14BrCl2FN6S/c26-13-6-7-21-15(8-13)16(10-22(31-21)17-9-20(29)19(28)11-18(17)27)24-34-35-23(32-33-25(35)36-24)12-30-14-4-2-1-3-5-14/h1-11,30H,12H2. The zero-order valence-electron chi connectivity index (χ0n) is 18.2. The molecule has 0 saturated heterocycles. The first-order valence-corrected chi connectivity index (χ1v) is 13.1. The number of aromatic nitrogens is 5. The molecular weight excluding hydrogens is 586 g/mol. The number of benzene rings is 3. The Kier molecular flexibility index (Phi) is 6.08. The summed E-state index contributed by atoms with van der Waals surface area (Å²) in [5.74, 6) is 0.114. The molecule has 0 unspecified atom stereocenters. The van der Waals surface area contributed by atoms with E-state index in [-0.39, 0.29) is 5.02 Å². The minimum atomic E-state index is -0.565. The second-order valence-corrected chi connectivity index (χ2v) is 10.6. The molecular formula is C25H14BrCl2FN6S. The number of hydrogen-bond acceptors (Lipinski definition) is 6. The van der Waals surface area contributed by atoms with Crippen LogP contribution in [-0.4, -0.2) is 24.8 Å². The molecule has 0 aliphatic heterocycles. The lowest BCUT2D eigenvalue weighted by atomic mass is 10.0. The molecule has 178 valence electrons. The van der Waals surface area contributed by atoms with Crippen LogP contribution >= 0.6 is 50.5 Å². The first kappa shape index (κ1) is 23.3. The Morgan fingerprint density at radius 1 is 0.944 bits per heavy atom. The van der Waals surface area contributed by atoms with Gasteiger partial charge in [0.25, 0.3) is 0 Å². The van der Waals surface area contributed by atoms with Crippen molar-refractivity contribution in [2.45, 2.75) is 6.54 Å². The Morgan fingerprint density at radius 2 is 1.78 bits per heavy atom. The van der Waals surface area contributed by atoms with Crippen LogP contribution in [-0.2, 0) is 6.54 Å². The second kappa shape index (κ2) is 9.40. The van der Waals surface area contributed by atoms with Crippen LogP contribution < -0.4 is 5.32 Å². The molecule has 0 fully saturated rings. The second-order valence-electron chi connectivity index (χ2n) is 7.90. The molecule has 11 heteroatoms. The number of pyridine rings is 1. The van der Waals surface area contributed by atoms with Gasteiger partial charge in [-0.25, -0.2) is 9.37 Å². The summed E-state index contributed by atoms with van der Waals surface area (Å²) in [5, 5.41) is 18.6. The molecule has 0 aliphatic carbocycles. The fourth-order valence-electron chi connectivity index (χ4n) is 3.85. The highest BCUT2D eigenvalue weighted by Crippen LogP contribution is 2.38. The number of nitrogens with zero attached hydrogens (tertiary/aromatic N) is 5. The third-order valence-electron chi connectivity index (χ3n) is 5.57. The predicted octanol–water partition coefficient (Wildman–Crippen LogP) is 7.89. The van der Waals surface area contributed by atoms with Crippen molar-refractivity contribution in [3.8, 4) is 21.8 Å². The lowest BCUT2D eigenvalue weighted by molar-refractivity contribution is 0.628. The Bertz CT molecular complexity index is 1760. The third-order valence-corrected chi connectivity index (χ3v) is 7.59. The topological polar surface area (TPSA) is 68.0 Å². The van der Waals surface area contributed by atoms with E-state index in [1.807, 2.05) is 54.6 Å². The van der Waals surface area contributed by atoms with Gasteiger partial charge in [0, 0.05) is 26.7 Å². The number of rotatable bonds is 5. The molecule has 6 aromatic rings. The van der Waals surface area contributed by atoms with Gasteiger partial charge in [-0.1, -0.05) is 68.7 Å². The SMILES string of the molecule is Fc1cc(-c2cc(-c3nn4c(CNc5ccccc5)nnc4s3)c3cc(Br)ccc3n2)c(Cl)cc1Cl. The summed E-state index contributed by atoms with van der Waals surface area (Å²) in [7, 11) is 0. The van der Waals surface area contributed by atoms with Gasteiger partial charge < -0.3 is 5.32 Å². The van der Waals surface area contributed by atoms with E-state index in [2.05, 4.69) is 31.4 Å². The molecule has 0 spiro atoms. The Morgan fingerprint density at radius 3 is 2.61 bits per heavy atom. The van der Waals surface area contributed by atoms with Gasteiger partial charge in [0.15, 0.2) is 5.82 Å². The summed E-state index contributed by atoms with van der Waals surface area (Å²) in [6.07, 6.45) is 0. The van der Waals surface area contributed by atoms with Crippen LogP contribution in [0.25, 0.3) is 37.7 Å². The first-order chi connectivity index (χ1) is 17.5. The molecule has 3 aromatic heterocycles. The average Bonchev–Trinajstić information content (AvgIpc) is 3.46.